The second-order valence-corrected chi connectivity index (χ2v) is 9.21. The number of hydrogen-bond acceptors (Lipinski definition) is 5. The molecule has 0 saturated carbocycles. The molecule has 7 nitrogen and oxygen atoms in total. The van der Waals surface area contributed by atoms with E-state index in [1.165, 1.54) is 0 Å². The van der Waals surface area contributed by atoms with Crippen LogP contribution in [0.1, 0.15) is 26.3 Å². The van der Waals surface area contributed by atoms with Gasteiger partial charge in [0.1, 0.15) is 5.75 Å². The van der Waals surface area contributed by atoms with E-state index in [0.29, 0.717) is 48.2 Å². The lowest BCUT2D eigenvalue weighted by Crippen LogP contribution is -2.49. The standard InChI is InChI=1S/C27H27ClN4O3S/c1-18-5-3-4-6-22(18)26(34)32-15-13-31(14-16-32)24-12-9-20(17-23(24)28)29-27(36)30-25(33)19-7-10-21(35-2)11-8-19/h3-12,17H,13-16H2,1-2H3,(H2,29,30,33,36). The average Bonchev–Trinajstić information content (AvgIpc) is 2.89. The van der Waals surface area contributed by atoms with Crippen molar-refractivity contribution in [1.82, 2.24) is 10.2 Å². The number of piperazine rings is 1. The minimum absolute atomic E-state index is 0.0589. The molecule has 3 aromatic carbocycles. The lowest BCUT2D eigenvalue weighted by atomic mass is 10.1. The zero-order chi connectivity index (χ0) is 25.7. The summed E-state index contributed by atoms with van der Waals surface area (Å²) in [6, 6.07) is 19.9. The molecule has 3 aromatic rings. The second kappa shape index (κ2) is 11.4. The number of hydrogen-bond donors (Lipinski definition) is 2. The van der Waals surface area contributed by atoms with Gasteiger partial charge < -0.3 is 19.9 Å². The number of thiocarbonyl (C=S) groups is 1. The van der Waals surface area contributed by atoms with Crippen LogP contribution in [0.3, 0.4) is 0 Å². The van der Waals surface area contributed by atoms with Crippen molar-refractivity contribution in [2.45, 2.75) is 6.92 Å². The van der Waals surface area contributed by atoms with Crippen molar-refractivity contribution in [3.05, 3.63) is 88.4 Å². The highest BCUT2D eigenvalue weighted by molar-refractivity contribution is 7.80. The lowest BCUT2D eigenvalue weighted by Gasteiger charge is -2.36. The van der Waals surface area contributed by atoms with Gasteiger partial charge in [-0.05, 0) is 73.2 Å². The number of rotatable bonds is 5. The predicted molar refractivity (Wildman–Crippen MR) is 147 cm³/mol. The molecular formula is C27H27ClN4O3S. The summed E-state index contributed by atoms with van der Waals surface area (Å²) in [4.78, 5) is 29.4. The summed E-state index contributed by atoms with van der Waals surface area (Å²) in [5.41, 5.74) is 3.74. The van der Waals surface area contributed by atoms with Crippen molar-refractivity contribution in [2.24, 2.45) is 0 Å². The molecule has 2 N–H and O–H groups in total. The Labute approximate surface area is 221 Å². The number of carbonyl (C=O) groups excluding carboxylic acids is 2. The van der Waals surface area contributed by atoms with Crippen LogP contribution in [-0.2, 0) is 0 Å². The van der Waals surface area contributed by atoms with Crippen LogP contribution in [0, 0.1) is 6.92 Å². The fourth-order valence-corrected chi connectivity index (χ4v) is 4.57. The molecule has 0 bridgehead atoms. The predicted octanol–water partition coefficient (Wildman–Crippen LogP) is 4.75. The smallest absolute Gasteiger partial charge is 0.257 e. The summed E-state index contributed by atoms with van der Waals surface area (Å²) in [7, 11) is 1.57. The van der Waals surface area contributed by atoms with E-state index in [0.717, 1.165) is 16.8 Å². The van der Waals surface area contributed by atoms with Crippen LogP contribution in [-0.4, -0.2) is 55.1 Å². The highest BCUT2D eigenvalue weighted by Gasteiger charge is 2.24. The Morgan fingerprint density at radius 3 is 2.31 bits per heavy atom. The number of nitrogens with one attached hydrogen (secondary N) is 2. The van der Waals surface area contributed by atoms with Crippen molar-refractivity contribution in [2.75, 3.05) is 43.5 Å². The Morgan fingerprint density at radius 1 is 0.972 bits per heavy atom. The molecule has 1 fully saturated rings. The van der Waals surface area contributed by atoms with Gasteiger partial charge in [-0.15, -0.1) is 0 Å². The van der Waals surface area contributed by atoms with Crippen LogP contribution in [0.15, 0.2) is 66.7 Å². The van der Waals surface area contributed by atoms with E-state index in [2.05, 4.69) is 15.5 Å². The molecule has 0 aromatic heterocycles. The van der Waals surface area contributed by atoms with Gasteiger partial charge in [0.2, 0.25) is 0 Å². The van der Waals surface area contributed by atoms with Crippen LogP contribution >= 0.6 is 23.8 Å². The number of methoxy groups -OCH3 is 1. The van der Waals surface area contributed by atoms with Crippen molar-refractivity contribution < 1.29 is 14.3 Å². The van der Waals surface area contributed by atoms with Crippen molar-refractivity contribution in [3.63, 3.8) is 0 Å². The van der Waals surface area contributed by atoms with Crippen LogP contribution in [0.25, 0.3) is 0 Å². The van der Waals surface area contributed by atoms with Gasteiger partial charge in [-0.1, -0.05) is 29.8 Å². The minimum Gasteiger partial charge on any atom is -0.497 e. The van der Waals surface area contributed by atoms with Crippen molar-refractivity contribution in [1.29, 1.82) is 0 Å². The Kier molecular flexibility index (Phi) is 8.07. The van der Waals surface area contributed by atoms with Crippen LogP contribution in [0.4, 0.5) is 11.4 Å². The zero-order valence-electron chi connectivity index (χ0n) is 20.1. The molecule has 2 amide bonds. The lowest BCUT2D eigenvalue weighted by molar-refractivity contribution is 0.0746. The molecule has 0 atom stereocenters. The Hall–Kier alpha value is -3.62. The third-order valence-corrected chi connectivity index (χ3v) is 6.57. The third kappa shape index (κ3) is 5.95. The number of halogens is 1. The fourth-order valence-electron chi connectivity index (χ4n) is 4.05. The Morgan fingerprint density at radius 2 is 1.67 bits per heavy atom. The maximum atomic E-state index is 12.9. The molecular weight excluding hydrogens is 496 g/mol. The molecule has 36 heavy (non-hydrogen) atoms. The number of anilines is 2. The molecule has 9 heteroatoms. The average molecular weight is 523 g/mol. The molecule has 1 heterocycles. The van der Waals surface area contributed by atoms with Crippen molar-refractivity contribution >= 4 is 52.1 Å². The molecule has 1 aliphatic heterocycles. The minimum atomic E-state index is -0.323. The van der Waals surface area contributed by atoms with Gasteiger partial charge in [0.15, 0.2) is 5.11 Å². The van der Waals surface area contributed by atoms with Crippen LogP contribution in [0.2, 0.25) is 5.02 Å². The quantitative estimate of drug-likeness (QED) is 0.471. The normalized spacial score (nSPS) is 13.2. The van der Waals surface area contributed by atoms with E-state index in [1.54, 1.807) is 37.4 Å². The largest absolute Gasteiger partial charge is 0.497 e. The van der Waals surface area contributed by atoms with Crippen molar-refractivity contribution in [3.8, 4) is 5.75 Å². The first-order valence-electron chi connectivity index (χ1n) is 11.5. The van der Waals surface area contributed by atoms with Gasteiger partial charge in [-0.2, -0.15) is 0 Å². The molecule has 1 saturated heterocycles. The summed E-state index contributed by atoms with van der Waals surface area (Å²) < 4.78 is 5.11. The van der Waals surface area contributed by atoms with E-state index < -0.39 is 0 Å². The Balaban J connectivity index is 1.32. The summed E-state index contributed by atoms with van der Waals surface area (Å²) in [6.07, 6.45) is 0. The summed E-state index contributed by atoms with van der Waals surface area (Å²) in [5.74, 6) is 0.404. The highest BCUT2D eigenvalue weighted by Crippen LogP contribution is 2.30. The van der Waals surface area contributed by atoms with Gasteiger partial charge in [-0.3, -0.25) is 14.9 Å². The molecule has 186 valence electrons. The first-order chi connectivity index (χ1) is 17.4. The fraction of sp³-hybridized carbons (Fsp3) is 0.222. The molecule has 4 rings (SSSR count). The van der Waals surface area contributed by atoms with E-state index >= 15 is 0 Å². The topological polar surface area (TPSA) is 73.9 Å². The highest BCUT2D eigenvalue weighted by atomic mass is 35.5. The summed E-state index contributed by atoms with van der Waals surface area (Å²) >= 11 is 11.9. The second-order valence-electron chi connectivity index (χ2n) is 8.40. The summed E-state index contributed by atoms with van der Waals surface area (Å²) in [6.45, 7) is 4.55. The molecule has 1 aliphatic rings. The van der Waals surface area contributed by atoms with Gasteiger partial charge in [-0.25, -0.2) is 0 Å². The zero-order valence-corrected chi connectivity index (χ0v) is 21.7. The third-order valence-electron chi connectivity index (χ3n) is 6.07. The maximum absolute atomic E-state index is 12.9. The number of aryl methyl sites for hydroxylation is 1. The number of benzene rings is 3. The number of ether oxygens (including phenoxy) is 1. The Bertz CT molecular complexity index is 1270. The number of amides is 2. The van der Waals surface area contributed by atoms with Gasteiger partial charge in [0.05, 0.1) is 17.8 Å². The van der Waals surface area contributed by atoms with E-state index in [9.17, 15) is 9.59 Å². The molecule has 0 unspecified atom stereocenters. The number of nitrogens with zero attached hydrogens (tertiary/aromatic N) is 2. The molecule has 0 aliphatic carbocycles. The van der Waals surface area contributed by atoms with E-state index in [1.807, 2.05) is 48.2 Å². The summed E-state index contributed by atoms with van der Waals surface area (Å²) in [5, 5.41) is 6.39. The van der Waals surface area contributed by atoms with Gasteiger partial charge >= 0.3 is 0 Å². The van der Waals surface area contributed by atoms with Crippen LogP contribution in [0.5, 0.6) is 5.75 Å². The van der Waals surface area contributed by atoms with E-state index in [4.69, 9.17) is 28.6 Å². The molecule has 0 radical (unpaired) electrons. The molecule has 0 spiro atoms. The first kappa shape index (κ1) is 25.5. The first-order valence-corrected chi connectivity index (χ1v) is 12.3. The number of carbonyl (C=O) groups is 2. The van der Waals surface area contributed by atoms with Gasteiger partial charge in [0, 0.05) is 43.0 Å². The van der Waals surface area contributed by atoms with Crippen LogP contribution < -0.4 is 20.3 Å². The maximum Gasteiger partial charge on any atom is 0.257 e. The van der Waals surface area contributed by atoms with E-state index in [-0.39, 0.29) is 16.9 Å². The monoisotopic (exact) mass is 522 g/mol. The van der Waals surface area contributed by atoms with Gasteiger partial charge in [0.25, 0.3) is 11.8 Å². The SMILES string of the molecule is COc1ccc(C(=O)NC(=S)Nc2ccc(N3CCN(C(=O)c4ccccc4C)CC3)c(Cl)c2)cc1.